The molecule has 0 aliphatic carbocycles. The minimum atomic E-state index is -4.12. The number of ether oxygens (including phenoxy) is 2. The molecule has 2 aliphatic rings. The maximum atomic E-state index is 13.5. The third-order valence-corrected chi connectivity index (χ3v) is 7.52. The van der Waals surface area contributed by atoms with Gasteiger partial charge in [0.05, 0.1) is 0 Å². The Morgan fingerprint density at radius 2 is 1.77 bits per heavy atom. The number of carbonyl (C=O) groups is 1. The molecular weight excluding hydrogens is 419 g/mol. The smallest absolute Gasteiger partial charge is 0.389 e. The molecule has 2 fully saturated rings. The SMILES string of the molecule is CC(C)(C)OC(=O)C1(S(=O)N2CCC(C/C=C/CCC(F)(F)F)CC2)CCOCC1. The first-order valence-corrected chi connectivity index (χ1v) is 11.7. The first-order chi connectivity index (χ1) is 13.9. The van der Waals surface area contributed by atoms with Crippen molar-refractivity contribution in [1.29, 1.82) is 0 Å². The monoisotopic (exact) mass is 453 g/mol. The molecule has 0 radical (unpaired) electrons. The van der Waals surface area contributed by atoms with E-state index in [0.717, 1.165) is 19.3 Å². The highest BCUT2D eigenvalue weighted by Crippen LogP contribution is 2.34. The molecular formula is C21H34F3NO4S. The Balaban J connectivity index is 1.90. The van der Waals surface area contributed by atoms with Crippen molar-refractivity contribution in [3.63, 3.8) is 0 Å². The lowest BCUT2D eigenvalue weighted by molar-refractivity contribution is -0.160. The van der Waals surface area contributed by atoms with Crippen LogP contribution < -0.4 is 0 Å². The van der Waals surface area contributed by atoms with Gasteiger partial charge in [0.25, 0.3) is 0 Å². The maximum absolute atomic E-state index is 13.5. The lowest BCUT2D eigenvalue weighted by atomic mass is 9.94. The predicted molar refractivity (Wildman–Crippen MR) is 110 cm³/mol. The van der Waals surface area contributed by atoms with Crippen LogP contribution in [0.5, 0.6) is 0 Å². The molecule has 174 valence electrons. The number of carbonyl (C=O) groups excluding carboxylic acids is 1. The molecule has 0 aromatic heterocycles. The third-order valence-electron chi connectivity index (χ3n) is 5.44. The molecule has 0 amide bonds. The Hall–Kier alpha value is -0.930. The van der Waals surface area contributed by atoms with Gasteiger partial charge in [-0.3, -0.25) is 4.79 Å². The van der Waals surface area contributed by atoms with Gasteiger partial charge >= 0.3 is 12.1 Å². The maximum Gasteiger partial charge on any atom is 0.389 e. The predicted octanol–water partition coefficient (Wildman–Crippen LogP) is 4.54. The van der Waals surface area contributed by atoms with Crippen LogP contribution in [0.2, 0.25) is 0 Å². The van der Waals surface area contributed by atoms with Gasteiger partial charge in [-0.2, -0.15) is 13.2 Å². The van der Waals surface area contributed by atoms with E-state index < -0.39 is 39.9 Å². The minimum absolute atomic E-state index is 0.00679. The summed E-state index contributed by atoms with van der Waals surface area (Å²) in [6, 6.07) is 0. The summed E-state index contributed by atoms with van der Waals surface area (Å²) < 4.78 is 61.8. The van der Waals surface area contributed by atoms with Gasteiger partial charge in [-0.25, -0.2) is 8.51 Å². The van der Waals surface area contributed by atoms with Gasteiger partial charge in [-0.1, -0.05) is 12.2 Å². The zero-order valence-corrected chi connectivity index (χ0v) is 18.9. The number of alkyl halides is 3. The van der Waals surface area contributed by atoms with Crippen molar-refractivity contribution >= 4 is 17.0 Å². The third kappa shape index (κ3) is 7.64. The molecule has 0 spiro atoms. The van der Waals surface area contributed by atoms with Crippen LogP contribution in [0.25, 0.3) is 0 Å². The van der Waals surface area contributed by atoms with Crippen molar-refractivity contribution in [3.8, 4) is 0 Å². The Kier molecular flexibility index (Phi) is 8.94. The molecule has 0 saturated carbocycles. The number of halogens is 3. The number of rotatable bonds is 7. The van der Waals surface area contributed by atoms with E-state index >= 15 is 0 Å². The normalized spacial score (nSPS) is 22.9. The lowest BCUT2D eigenvalue weighted by Crippen LogP contribution is -2.55. The number of esters is 1. The number of nitrogens with zero attached hydrogens (tertiary/aromatic N) is 1. The molecule has 0 aromatic rings. The number of piperidine rings is 1. The standard InChI is InChI=1S/C21H34F3NO4S/c1-19(2,3)29-18(26)20(11-15-28-16-12-20)30(27)25-13-8-17(9-14-25)7-5-4-6-10-21(22,23)24/h4-5,17H,6-16H2,1-3H3/b5-4+. The van der Waals surface area contributed by atoms with Gasteiger partial charge in [0.2, 0.25) is 0 Å². The largest absolute Gasteiger partial charge is 0.459 e. The Labute approximate surface area is 179 Å². The van der Waals surface area contributed by atoms with E-state index in [9.17, 15) is 22.2 Å². The van der Waals surface area contributed by atoms with Gasteiger partial charge < -0.3 is 9.47 Å². The van der Waals surface area contributed by atoms with Gasteiger partial charge in [-0.15, -0.1) is 0 Å². The zero-order valence-electron chi connectivity index (χ0n) is 18.1. The summed E-state index contributed by atoms with van der Waals surface area (Å²) in [4.78, 5) is 13.0. The quantitative estimate of drug-likeness (QED) is 0.419. The minimum Gasteiger partial charge on any atom is -0.459 e. The van der Waals surface area contributed by atoms with E-state index in [1.807, 2.05) is 10.4 Å². The molecule has 0 aromatic carbocycles. The first kappa shape index (κ1) is 25.3. The van der Waals surface area contributed by atoms with Crippen LogP contribution in [0.15, 0.2) is 12.2 Å². The summed E-state index contributed by atoms with van der Waals surface area (Å²) >= 11 is 0. The van der Waals surface area contributed by atoms with E-state index in [1.54, 1.807) is 26.8 Å². The fourth-order valence-electron chi connectivity index (χ4n) is 3.73. The number of allylic oxidation sites excluding steroid dienone is 2. The van der Waals surface area contributed by atoms with E-state index in [1.165, 1.54) is 0 Å². The van der Waals surface area contributed by atoms with Crippen molar-refractivity contribution < 1.29 is 31.6 Å². The van der Waals surface area contributed by atoms with Crippen molar-refractivity contribution in [2.45, 2.75) is 82.2 Å². The van der Waals surface area contributed by atoms with E-state index in [-0.39, 0.29) is 6.42 Å². The highest BCUT2D eigenvalue weighted by Gasteiger charge is 2.50. The Bertz CT molecular complexity index is 617. The van der Waals surface area contributed by atoms with E-state index in [0.29, 0.717) is 45.1 Å². The number of hydrogen-bond acceptors (Lipinski definition) is 4. The number of hydrogen-bond donors (Lipinski definition) is 0. The summed E-state index contributed by atoms with van der Waals surface area (Å²) in [6.45, 7) is 7.35. The van der Waals surface area contributed by atoms with Crippen molar-refractivity contribution in [1.82, 2.24) is 4.31 Å². The second-order valence-electron chi connectivity index (χ2n) is 9.09. The van der Waals surface area contributed by atoms with Crippen molar-refractivity contribution in [3.05, 3.63) is 12.2 Å². The van der Waals surface area contributed by atoms with Crippen molar-refractivity contribution in [2.75, 3.05) is 26.3 Å². The second-order valence-corrected chi connectivity index (χ2v) is 10.9. The van der Waals surface area contributed by atoms with Gasteiger partial charge in [-0.05, 0) is 65.2 Å². The van der Waals surface area contributed by atoms with Crippen LogP contribution >= 0.6 is 0 Å². The molecule has 9 heteroatoms. The molecule has 0 N–H and O–H groups in total. The molecule has 2 heterocycles. The molecule has 2 aliphatic heterocycles. The van der Waals surface area contributed by atoms with Gasteiger partial charge in [0.15, 0.2) is 4.75 Å². The van der Waals surface area contributed by atoms with Crippen LogP contribution in [0, 0.1) is 5.92 Å². The molecule has 30 heavy (non-hydrogen) atoms. The highest BCUT2D eigenvalue weighted by molar-refractivity contribution is 7.85. The van der Waals surface area contributed by atoms with Crippen LogP contribution in [0.1, 0.15) is 65.7 Å². The zero-order chi connectivity index (χ0) is 22.4. The Morgan fingerprint density at radius 1 is 1.17 bits per heavy atom. The van der Waals surface area contributed by atoms with Crippen LogP contribution in [0.4, 0.5) is 13.2 Å². The average Bonchev–Trinajstić information content (AvgIpc) is 2.66. The summed E-state index contributed by atoms with van der Waals surface area (Å²) in [7, 11) is -1.51. The molecule has 1 atom stereocenters. The lowest BCUT2D eigenvalue weighted by Gasteiger charge is -2.41. The second kappa shape index (κ2) is 10.6. The highest BCUT2D eigenvalue weighted by atomic mass is 32.2. The molecule has 1 unspecified atom stereocenters. The summed E-state index contributed by atoms with van der Waals surface area (Å²) in [5.74, 6) is -0.0705. The topological polar surface area (TPSA) is 55.8 Å². The summed E-state index contributed by atoms with van der Waals surface area (Å²) in [5, 5.41) is 0. The van der Waals surface area contributed by atoms with E-state index in [2.05, 4.69) is 0 Å². The molecule has 0 bridgehead atoms. The van der Waals surface area contributed by atoms with Gasteiger partial charge in [0, 0.05) is 32.7 Å². The fourth-order valence-corrected chi connectivity index (χ4v) is 5.47. The summed E-state index contributed by atoms with van der Waals surface area (Å²) in [5.41, 5.74) is -0.655. The Morgan fingerprint density at radius 3 is 2.30 bits per heavy atom. The molecule has 5 nitrogen and oxygen atoms in total. The summed E-state index contributed by atoms with van der Waals surface area (Å²) in [6.07, 6.45) is 1.59. The van der Waals surface area contributed by atoms with Crippen LogP contribution in [-0.2, 0) is 25.3 Å². The molecule has 2 saturated heterocycles. The van der Waals surface area contributed by atoms with Crippen LogP contribution in [-0.4, -0.2) is 57.3 Å². The van der Waals surface area contributed by atoms with Crippen LogP contribution in [0.3, 0.4) is 0 Å². The van der Waals surface area contributed by atoms with Gasteiger partial charge in [0.1, 0.15) is 16.6 Å². The van der Waals surface area contributed by atoms with E-state index in [4.69, 9.17) is 9.47 Å². The molecule has 2 rings (SSSR count). The first-order valence-electron chi connectivity index (χ1n) is 10.6. The van der Waals surface area contributed by atoms with Crippen molar-refractivity contribution in [2.24, 2.45) is 5.92 Å². The average molecular weight is 454 g/mol. The fraction of sp³-hybridized carbons (Fsp3) is 0.857.